The van der Waals surface area contributed by atoms with Crippen molar-refractivity contribution >= 4 is 45.5 Å². The number of hydrogen-bond acceptors (Lipinski definition) is 5. The maximum atomic E-state index is 11.7. The Bertz CT molecular complexity index is 438. The SMILES string of the molecule is O=C(OCCBr)C1=CS[C@@H]2CC(=O)N2C1C(=O)O. The van der Waals surface area contributed by atoms with Crippen LogP contribution in [-0.2, 0) is 19.1 Å². The number of alkyl halides is 1. The minimum Gasteiger partial charge on any atom is -0.479 e. The Balaban J connectivity index is 2.19. The largest absolute Gasteiger partial charge is 0.479 e. The molecule has 2 rings (SSSR count). The second kappa shape index (κ2) is 5.31. The summed E-state index contributed by atoms with van der Waals surface area (Å²) in [7, 11) is 0. The quantitative estimate of drug-likeness (QED) is 0.459. The minimum atomic E-state index is -1.22. The molecular formula is C10H10BrNO5S. The molecule has 2 aliphatic rings. The zero-order valence-electron chi connectivity index (χ0n) is 9.17. The van der Waals surface area contributed by atoms with Crippen LogP contribution < -0.4 is 0 Å². The summed E-state index contributed by atoms with van der Waals surface area (Å²) < 4.78 is 4.89. The molecule has 2 atom stereocenters. The van der Waals surface area contributed by atoms with Gasteiger partial charge in [0.25, 0.3) is 0 Å². The van der Waals surface area contributed by atoms with Crippen LogP contribution in [0.15, 0.2) is 11.0 Å². The van der Waals surface area contributed by atoms with E-state index in [0.29, 0.717) is 11.8 Å². The van der Waals surface area contributed by atoms with E-state index in [0.717, 1.165) is 0 Å². The van der Waals surface area contributed by atoms with E-state index in [1.54, 1.807) is 0 Å². The number of rotatable bonds is 4. The molecule has 1 fully saturated rings. The summed E-state index contributed by atoms with van der Waals surface area (Å²) in [5.74, 6) is -2.15. The maximum Gasteiger partial charge on any atom is 0.337 e. The number of amides is 1. The van der Waals surface area contributed by atoms with Crippen LogP contribution in [0.1, 0.15) is 6.42 Å². The van der Waals surface area contributed by atoms with Crippen molar-refractivity contribution in [3.63, 3.8) is 0 Å². The summed E-state index contributed by atoms with van der Waals surface area (Å²) in [5.41, 5.74) is 0.0118. The molecular weight excluding hydrogens is 326 g/mol. The Morgan fingerprint density at radius 2 is 2.33 bits per heavy atom. The number of ether oxygens (including phenoxy) is 1. The van der Waals surface area contributed by atoms with E-state index in [9.17, 15) is 14.4 Å². The maximum absolute atomic E-state index is 11.7. The number of esters is 1. The first-order valence-electron chi connectivity index (χ1n) is 5.19. The highest BCUT2D eigenvalue weighted by molar-refractivity contribution is 9.09. The Morgan fingerprint density at radius 3 is 2.89 bits per heavy atom. The lowest BCUT2D eigenvalue weighted by Gasteiger charge is -2.45. The molecule has 18 heavy (non-hydrogen) atoms. The van der Waals surface area contributed by atoms with Crippen molar-refractivity contribution in [1.29, 1.82) is 0 Å². The second-order valence-corrected chi connectivity index (χ2v) is 5.58. The van der Waals surface area contributed by atoms with Gasteiger partial charge in [0, 0.05) is 5.33 Å². The molecule has 6 nitrogen and oxygen atoms in total. The molecule has 0 aromatic carbocycles. The Morgan fingerprint density at radius 1 is 1.61 bits per heavy atom. The monoisotopic (exact) mass is 335 g/mol. The second-order valence-electron chi connectivity index (χ2n) is 3.73. The van der Waals surface area contributed by atoms with E-state index in [-0.39, 0.29) is 23.5 Å². The zero-order chi connectivity index (χ0) is 13.3. The number of hydrogen-bond donors (Lipinski definition) is 1. The van der Waals surface area contributed by atoms with Crippen molar-refractivity contribution in [1.82, 2.24) is 4.90 Å². The van der Waals surface area contributed by atoms with E-state index in [4.69, 9.17) is 9.84 Å². The van der Waals surface area contributed by atoms with E-state index in [1.807, 2.05) is 0 Å². The first-order chi connectivity index (χ1) is 8.56. The third kappa shape index (κ3) is 2.26. The molecule has 1 N–H and O–H groups in total. The van der Waals surface area contributed by atoms with Crippen LogP contribution in [0, 0.1) is 0 Å². The van der Waals surface area contributed by atoms with Crippen LogP contribution >= 0.6 is 27.7 Å². The van der Waals surface area contributed by atoms with Crippen molar-refractivity contribution in [2.75, 3.05) is 11.9 Å². The van der Waals surface area contributed by atoms with E-state index < -0.39 is 18.0 Å². The van der Waals surface area contributed by atoms with Gasteiger partial charge in [0.15, 0.2) is 6.04 Å². The van der Waals surface area contributed by atoms with Gasteiger partial charge in [-0.2, -0.15) is 0 Å². The van der Waals surface area contributed by atoms with Gasteiger partial charge in [0.1, 0.15) is 6.61 Å². The molecule has 0 spiro atoms. The molecule has 1 amide bonds. The van der Waals surface area contributed by atoms with Gasteiger partial charge in [0.05, 0.1) is 17.4 Å². The van der Waals surface area contributed by atoms with Crippen LogP contribution in [0.2, 0.25) is 0 Å². The van der Waals surface area contributed by atoms with Crippen molar-refractivity contribution in [2.45, 2.75) is 17.8 Å². The fourth-order valence-corrected chi connectivity index (χ4v) is 3.12. The predicted octanol–water partition coefficient (Wildman–Crippen LogP) is 0.567. The highest BCUT2D eigenvalue weighted by Crippen LogP contribution is 2.39. The highest BCUT2D eigenvalue weighted by atomic mass is 79.9. The molecule has 98 valence electrons. The van der Waals surface area contributed by atoms with E-state index >= 15 is 0 Å². The average Bonchev–Trinajstić information content (AvgIpc) is 2.33. The number of carbonyl (C=O) groups excluding carboxylic acids is 2. The number of carboxylic acids is 1. The fraction of sp³-hybridized carbons (Fsp3) is 0.500. The number of carbonyl (C=O) groups is 3. The van der Waals surface area contributed by atoms with Crippen LogP contribution in [0.25, 0.3) is 0 Å². The topological polar surface area (TPSA) is 83.9 Å². The molecule has 2 heterocycles. The molecule has 8 heteroatoms. The van der Waals surface area contributed by atoms with Crippen molar-refractivity contribution in [3.05, 3.63) is 11.0 Å². The smallest absolute Gasteiger partial charge is 0.337 e. The minimum absolute atomic E-state index is 0.0118. The van der Waals surface area contributed by atoms with E-state index in [2.05, 4.69) is 15.9 Å². The van der Waals surface area contributed by atoms with Crippen LogP contribution in [0.5, 0.6) is 0 Å². The van der Waals surface area contributed by atoms with Crippen LogP contribution in [0.3, 0.4) is 0 Å². The standard InChI is InChI=1S/C10H10BrNO5S/c11-1-2-17-10(16)5-4-18-7-3-6(13)12(7)8(5)9(14)15/h4,7-8H,1-3H2,(H,14,15)/t7-,8?/m1/s1. The molecule has 2 aliphatic heterocycles. The first kappa shape index (κ1) is 13.4. The average molecular weight is 336 g/mol. The fourth-order valence-electron chi connectivity index (χ4n) is 1.82. The van der Waals surface area contributed by atoms with Crippen molar-refractivity contribution < 1.29 is 24.2 Å². The molecule has 0 saturated carbocycles. The highest BCUT2D eigenvalue weighted by Gasteiger charge is 2.49. The summed E-state index contributed by atoms with van der Waals surface area (Å²) in [6.45, 7) is 0.157. The Labute approximate surface area is 115 Å². The van der Waals surface area contributed by atoms with Gasteiger partial charge < -0.3 is 14.7 Å². The van der Waals surface area contributed by atoms with Crippen LogP contribution in [0.4, 0.5) is 0 Å². The number of nitrogens with zero attached hydrogens (tertiary/aromatic N) is 1. The zero-order valence-corrected chi connectivity index (χ0v) is 11.6. The van der Waals surface area contributed by atoms with Gasteiger partial charge in [-0.3, -0.25) is 4.79 Å². The normalized spacial score (nSPS) is 25.9. The van der Waals surface area contributed by atoms with E-state index in [1.165, 1.54) is 22.1 Å². The van der Waals surface area contributed by atoms with Crippen LogP contribution in [-0.4, -0.2) is 51.2 Å². The molecule has 0 bridgehead atoms. The lowest BCUT2D eigenvalue weighted by molar-refractivity contribution is -0.158. The summed E-state index contributed by atoms with van der Waals surface area (Å²) in [5, 5.41) is 11.0. The summed E-state index contributed by atoms with van der Waals surface area (Å²) in [6, 6.07) is -1.22. The number of fused-ring (bicyclic) bond motifs is 1. The first-order valence-corrected chi connectivity index (χ1v) is 7.25. The summed E-state index contributed by atoms with van der Waals surface area (Å²) in [6.07, 6.45) is 0.314. The lowest BCUT2D eigenvalue weighted by Crippen LogP contribution is -2.61. The molecule has 1 saturated heterocycles. The number of aliphatic carboxylic acids is 1. The number of carboxylic acid groups (broad SMARTS) is 1. The summed E-state index contributed by atoms with van der Waals surface area (Å²) in [4.78, 5) is 35.6. The van der Waals surface area contributed by atoms with Crippen molar-refractivity contribution in [3.8, 4) is 0 Å². The molecule has 0 aromatic heterocycles. The molecule has 0 aliphatic carbocycles. The Kier molecular flexibility index (Phi) is 3.96. The van der Waals surface area contributed by atoms with Gasteiger partial charge in [0.2, 0.25) is 5.91 Å². The predicted molar refractivity (Wildman–Crippen MR) is 67.1 cm³/mol. The number of β-lactam (4-membered cyclic amide) rings is 1. The molecule has 1 unspecified atom stereocenters. The van der Waals surface area contributed by atoms with Gasteiger partial charge in [-0.25, -0.2) is 9.59 Å². The summed E-state index contributed by atoms with van der Waals surface area (Å²) >= 11 is 4.38. The van der Waals surface area contributed by atoms with Gasteiger partial charge in [-0.05, 0) is 5.41 Å². The number of halogens is 1. The van der Waals surface area contributed by atoms with Gasteiger partial charge >= 0.3 is 11.9 Å². The third-order valence-electron chi connectivity index (χ3n) is 2.65. The Hall–Kier alpha value is -1.02. The lowest BCUT2D eigenvalue weighted by atomic mass is 10.0. The van der Waals surface area contributed by atoms with Gasteiger partial charge in [-0.15, -0.1) is 11.8 Å². The molecule has 0 aromatic rings. The number of thioether (sulfide) groups is 1. The van der Waals surface area contributed by atoms with Crippen molar-refractivity contribution in [2.24, 2.45) is 0 Å². The molecule has 0 radical (unpaired) electrons. The third-order valence-corrected chi connectivity index (χ3v) is 4.07. The van der Waals surface area contributed by atoms with Gasteiger partial charge in [-0.1, -0.05) is 15.9 Å².